The van der Waals surface area contributed by atoms with Gasteiger partial charge in [-0.25, -0.2) is 9.97 Å². The van der Waals surface area contributed by atoms with Crippen LogP contribution in [-0.2, 0) is 5.41 Å². The summed E-state index contributed by atoms with van der Waals surface area (Å²) >= 11 is 0. The van der Waals surface area contributed by atoms with E-state index in [0.29, 0.717) is 5.82 Å². The van der Waals surface area contributed by atoms with Crippen molar-refractivity contribution in [1.82, 2.24) is 9.97 Å². The zero-order chi connectivity index (χ0) is 36.3. The van der Waals surface area contributed by atoms with Crippen LogP contribution in [0.15, 0.2) is 206 Å². The minimum atomic E-state index is -0.414. The normalized spacial score (nSPS) is 12.9. The molecule has 2 aliphatic rings. The molecular weight excluding hydrogens is 665 g/mol. The van der Waals surface area contributed by atoms with Crippen LogP contribution in [0.5, 0.6) is 0 Å². The van der Waals surface area contributed by atoms with E-state index in [0.717, 1.165) is 33.6 Å². The van der Waals surface area contributed by atoms with Crippen LogP contribution in [0.4, 0.5) is 0 Å². The average Bonchev–Trinajstić information content (AvgIpc) is 3.74. The molecule has 0 fully saturated rings. The number of hydrogen-bond donors (Lipinski definition) is 0. The molecule has 1 aromatic heterocycles. The predicted molar refractivity (Wildman–Crippen MR) is 226 cm³/mol. The fourth-order valence-electron chi connectivity index (χ4n) is 9.12. The molecule has 256 valence electrons. The molecule has 0 saturated carbocycles. The minimum Gasteiger partial charge on any atom is -0.228 e. The van der Waals surface area contributed by atoms with Gasteiger partial charge in [0, 0.05) is 16.7 Å². The van der Waals surface area contributed by atoms with Crippen LogP contribution in [0.25, 0.3) is 78.4 Å². The second kappa shape index (κ2) is 12.5. The minimum absolute atomic E-state index is 0.414. The first-order chi connectivity index (χ1) is 27.3. The maximum atomic E-state index is 5.12. The van der Waals surface area contributed by atoms with Crippen molar-refractivity contribution in [2.75, 3.05) is 0 Å². The molecule has 1 spiro atoms. The van der Waals surface area contributed by atoms with Crippen molar-refractivity contribution in [3.05, 3.63) is 229 Å². The summed E-state index contributed by atoms with van der Waals surface area (Å²) in [5, 5.41) is 0. The van der Waals surface area contributed by atoms with Gasteiger partial charge >= 0.3 is 0 Å². The van der Waals surface area contributed by atoms with Crippen molar-refractivity contribution in [2.24, 2.45) is 0 Å². The summed E-state index contributed by atoms with van der Waals surface area (Å²) in [6, 6.07) is 74.5. The van der Waals surface area contributed by atoms with Gasteiger partial charge in [-0.3, -0.25) is 0 Å². The second-order valence-electron chi connectivity index (χ2n) is 14.5. The van der Waals surface area contributed by atoms with Gasteiger partial charge in [0.05, 0.1) is 16.8 Å². The van der Waals surface area contributed by atoms with Crippen molar-refractivity contribution in [3.63, 3.8) is 0 Å². The Morgan fingerprint density at radius 2 is 0.636 bits per heavy atom. The van der Waals surface area contributed by atoms with E-state index in [1.54, 1.807) is 0 Å². The van der Waals surface area contributed by atoms with Gasteiger partial charge in [0.2, 0.25) is 0 Å². The molecule has 2 aliphatic carbocycles. The largest absolute Gasteiger partial charge is 0.228 e. The lowest BCUT2D eigenvalue weighted by atomic mass is 9.70. The Kier molecular flexibility index (Phi) is 7.11. The Morgan fingerprint density at radius 3 is 1.15 bits per heavy atom. The summed E-state index contributed by atoms with van der Waals surface area (Å²) < 4.78 is 0. The summed E-state index contributed by atoms with van der Waals surface area (Å²) in [6.07, 6.45) is 0. The van der Waals surface area contributed by atoms with Gasteiger partial charge < -0.3 is 0 Å². The van der Waals surface area contributed by atoms with Crippen LogP contribution >= 0.6 is 0 Å². The lowest BCUT2D eigenvalue weighted by Gasteiger charge is -2.31. The van der Waals surface area contributed by atoms with E-state index in [1.165, 1.54) is 61.2 Å². The Morgan fingerprint density at radius 1 is 0.255 bits per heavy atom. The van der Waals surface area contributed by atoms with Gasteiger partial charge in [-0.2, -0.15) is 0 Å². The molecule has 9 aromatic rings. The fourth-order valence-corrected chi connectivity index (χ4v) is 9.12. The number of fused-ring (bicyclic) bond motifs is 10. The molecule has 0 bridgehead atoms. The number of hydrogen-bond acceptors (Lipinski definition) is 2. The Hall–Kier alpha value is -7.16. The van der Waals surface area contributed by atoms with Crippen LogP contribution < -0.4 is 0 Å². The molecule has 8 aromatic carbocycles. The Bertz CT molecular complexity index is 2790. The molecule has 0 radical (unpaired) electrons. The van der Waals surface area contributed by atoms with Crippen molar-refractivity contribution >= 4 is 0 Å². The average molecular weight is 699 g/mol. The van der Waals surface area contributed by atoms with Crippen LogP contribution in [0.3, 0.4) is 0 Å². The van der Waals surface area contributed by atoms with E-state index >= 15 is 0 Å². The standard InChI is InChI=1S/C53H34N2/c1-4-16-35(17-5-1)43-32-45-42-24-12-15-27-48(42)53(46-25-13-10-22-40(46)41-23-11-14-26-47(41)53)49(45)33-44(43)36-28-30-39(31-29-36)52-54-50(37-18-6-2-7-19-37)34-51(55-52)38-20-8-3-9-21-38/h1-34H. The fraction of sp³-hybridized carbons (Fsp3) is 0.0189. The molecule has 1 heterocycles. The molecule has 0 atom stereocenters. The third-order valence-corrected chi connectivity index (χ3v) is 11.5. The molecule has 2 heteroatoms. The van der Waals surface area contributed by atoms with Crippen molar-refractivity contribution < 1.29 is 0 Å². The molecule has 2 nitrogen and oxygen atoms in total. The molecule has 0 amide bonds. The van der Waals surface area contributed by atoms with Gasteiger partial charge in [0.25, 0.3) is 0 Å². The predicted octanol–water partition coefficient (Wildman–Crippen LogP) is 13.2. The van der Waals surface area contributed by atoms with Gasteiger partial charge in [0.1, 0.15) is 0 Å². The third kappa shape index (κ3) is 4.82. The van der Waals surface area contributed by atoms with E-state index in [9.17, 15) is 0 Å². The van der Waals surface area contributed by atoms with Crippen molar-refractivity contribution in [2.45, 2.75) is 5.41 Å². The highest BCUT2D eigenvalue weighted by Crippen LogP contribution is 2.63. The number of aromatic nitrogens is 2. The zero-order valence-corrected chi connectivity index (χ0v) is 30.0. The van der Waals surface area contributed by atoms with E-state index < -0.39 is 5.41 Å². The highest BCUT2D eigenvalue weighted by molar-refractivity contribution is 5.99. The summed E-state index contributed by atoms with van der Waals surface area (Å²) in [4.78, 5) is 10.2. The molecular formula is C53H34N2. The van der Waals surface area contributed by atoms with Crippen molar-refractivity contribution in [3.8, 4) is 78.4 Å². The zero-order valence-electron chi connectivity index (χ0n) is 30.0. The lowest BCUT2D eigenvalue weighted by Crippen LogP contribution is -2.25. The van der Waals surface area contributed by atoms with E-state index in [1.807, 2.05) is 12.1 Å². The molecule has 0 unspecified atom stereocenters. The SMILES string of the molecule is c1ccc(-c2cc(-c3ccccc3)nc(-c3ccc(-c4cc5c(cc4-c4ccccc4)-c4ccccc4C54c5ccccc5-c5ccccc54)cc3)n2)cc1. The van der Waals surface area contributed by atoms with Gasteiger partial charge in [-0.1, -0.05) is 188 Å². The number of rotatable bonds is 5. The smallest absolute Gasteiger partial charge is 0.160 e. The van der Waals surface area contributed by atoms with Gasteiger partial charge in [0.15, 0.2) is 5.82 Å². The maximum Gasteiger partial charge on any atom is 0.160 e. The molecule has 55 heavy (non-hydrogen) atoms. The third-order valence-electron chi connectivity index (χ3n) is 11.5. The maximum absolute atomic E-state index is 5.12. The molecule has 0 saturated heterocycles. The van der Waals surface area contributed by atoms with Crippen LogP contribution in [0.1, 0.15) is 22.3 Å². The molecule has 0 aliphatic heterocycles. The Balaban J connectivity index is 1.12. The quantitative estimate of drug-likeness (QED) is 0.179. The van der Waals surface area contributed by atoms with Crippen LogP contribution in [0, 0.1) is 0 Å². The van der Waals surface area contributed by atoms with E-state index in [2.05, 4.69) is 194 Å². The monoisotopic (exact) mass is 698 g/mol. The topological polar surface area (TPSA) is 25.8 Å². The highest BCUT2D eigenvalue weighted by Gasteiger charge is 2.51. The summed E-state index contributed by atoms with van der Waals surface area (Å²) in [6.45, 7) is 0. The number of nitrogens with zero attached hydrogens (tertiary/aromatic N) is 2. The van der Waals surface area contributed by atoms with Crippen LogP contribution in [-0.4, -0.2) is 9.97 Å². The van der Waals surface area contributed by atoms with Crippen molar-refractivity contribution in [1.29, 1.82) is 0 Å². The number of benzene rings is 8. The van der Waals surface area contributed by atoms with Gasteiger partial charge in [-0.05, 0) is 85.0 Å². The van der Waals surface area contributed by atoms with E-state index in [-0.39, 0.29) is 0 Å². The molecule has 11 rings (SSSR count). The van der Waals surface area contributed by atoms with E-state index in [4.69, 9.17) is 9.97 Å². The first-order valence-electron chi connectivity index (χ1n) is 18.9. The summed E-state index contributed by atoms with van der Waals surface area (Å²) in [7, 11) is 0. The first kappa shape index (κ1) is 31.4. The second-order valence-corrected chi connectivity index (χ2v) is 14.5. The van der Waals surface area contributed by atoms with Gasteiger partial charge in [-0.15, -0.1) is 0 Å². The Labute approximate surface area is 321 Å². The van der Waals surface area contributed by atoms with Crippen LogP contribution in [0.2, 0.25) is 0 Å². The first-order valence-corrected chi connectivity index (χ1v) is 18.9. The lowest BCUT2D eigenvalue weighted by molar-refractivity contribution is 0.794. The summed E-state index contributed by atoms with van der Waals surface area (Å²) in [5.74, 6) is 0.706. The molecule has 0 N–H and O–H groups in total. The summed E-state index contributed by atoms with van der Waals surface area (Å²) in [5.41, 5.74) is 19.9. The highest BCUT2D eigenvalue weighted by atomic mass is 14.9.